The lowest BCUT2D eigenvalue weighted by Crippen LogP contribution is -2.21. The summed E-state index contributed by atoms with van der Waals surface area (Å²) in [5.41, 5.74) is 4.08. The Morgan fingerprint density at radius 3 is 0.904 bits per heavy atom. The minimum atomic E-state index is -3.35. The van der Waals surface area contributed by atoms with Gasteiger partial charge < -0.3 is 32.1 Å². The Balaban J connectivity index is 2.54. The van der Waals surface area contributed by atoms with Crippen molar-refractivity contribution in [2.24, 2.45) is 0 Å². The summed E-state index contributed by atoms with van der Waals surface area (Å²) < 4.78 is 76.5. The maximum atomic E-state index is 13.8. The lowest BCUT2D eigenvalue weighted by molar-refractivity contribution is 0.218. The van der Waals surface area contributed by atoms with Crippen LogP contribution in [0.1, 0.15) is 144 Å². The molecule has 0 atom stereocenters. The average molecular weight is 787 g/mol. The van der Waals surface area contributed by atoms with E-state index in [2.05, 4.69) is 83.1 Å². The normalized spacial score (nSPS) is 13.6. The number of rotatable bonds is 18. The Kier molecular flexibility index (Phi) is 16.6. The summed E-state index contributed by atoms with van der Waals surface area (Å²) in [6.07, 6.45) is 0.273. The topological polar surface area (TPSA) is 107 Å². The van der Waals surface area contributed by atoms with Gasteiger partial charge in [-0.1, -0.05) is 107 Å². The summed E-state index contributed by atoms with van der Waals surface area (Å²) in [5.74, 6) is 1.38. The van der Waals surface area contributed by atoms with Crippen LogP contribution in [0, 0.1) is 0 Å². The molecule has 298 valence electrons. The molecule has 52 heavy (non-hydrogen) atoms. The number of ether oxygens (including phenoxy) is 2. The van der Waals surface area contributed by atoms with Gasteiger partial charge in [-0.05, 0) is 60.5 Å². The highest BCUT2D eigenvalue weighted by molar-refractivity contribution is 7.53. The van der Waals surface area contributed by atoms with E-state index in [9.17, 15) is 13.7 Å². The van der Waals surface area contributed by atoms with E-state index >= 15 is 0 Å². The first-order valence-corrected chi connectivity index (χ1v) is 23.9. The van der Waals surface area contributed by atoms with Gasteiger partial charge in [-0.15, -0.1) is 0 Å². The van der Waals surface area contributed by atoms with Crippen LogP contribution in [0.5, 0.6) is 11.5 Å². The van der Waals surface area contributed by atoms with Gasteiger partial charge in [-0.25, -0.2) is 0 Å². The molecular formula is C40H69O9P3. The Morgan fingerprint density at radius 1 is 0.481 bits per heavy atom. The SMILES string of the molecule is CCOP(=O)(Cc1cc(C(C)(C)C)c(OC[PH](=O)COc2c(C(C)(C)C)cc(CP(=O)(OCC)OCC)cc2C(C)(C)C)c(C(C)(C)C)c1)OCC. The molecule has 0 saturated carbocycles. The first-order chi connectivity index (χ1) is 23.7. The van der Waals surface area contributed by atoms with Crippen molar-refractivity contribution in [3.8, 4) is 11.5 Å². The molecule has 0 heterocycles. The smallest absolute Gasteiger partial charge is 0.335 e. The summed E-state index contributed by atoms with van der Waals surface area (Å²) in [6.45, 7) is 33.7. The van der Waals surface area contributed by atoms with Crippen LogP contribution < -0.4 is 9.47 Å². The number of hydrogen-bond donors (Lipinski definition) is 0. The molecule has 2 rings (SSSR count). The molecule has 0 unspecified atom stereocenters. The van der Waals surface area contributed by atoms with E-state index in [-0.39, 0.29) is 73.1 Å². The van der Waals surface area contributed by atoms with Gasteiger partial charge in [0, 0.05) is 22.3 Å². The van der Waals surface area contributed by atoms with Crippen LogP contribution in [-0.2, 0) is 65.8 Å². The van der Waals surface area contributed by atoms with Crippen molar-refractivity contribution in [2.75, 3.05) is 39.1 Å². The Hall–Kier alpha value is -1.43. The zero-order valence-electron chi connectivity index (χ0n) is 35.0. The van der Waals surface area contributed by atoms with E-state index in [1.54, 1.807) is 0 Å². The highest BCUT2D eigenvalue weighted by atomic mass is 31.2. The van der Waals surface area contributed by atoms with E-state index in [1.165, 1.54) is 0 Å². The average Bonchev–Trinajstić information content (AvgIpc) is 2.97. The molecule has 0 N–H and O–H groups in total. The lowest BCUT2D eigenvalue weighted by Gasteiger charge is -2.32. The van der Waals surface area contributed by atoms with Gasteiger partial charge in [0.15, 0.2) is 0 Å². The van der Waals surface area contributed by atoms with Gasteiger partial charge >= 0.3 is 15.2 Å². The van der Waals surface area contributed by atoms with Gasteiger partial charge in [0.2, 0.25) is 0 Å². The molecule has 0 aliphatic carbocycles. The zero-order chi connectivity index (χ0) is 39.9. The molecule has 2 aromatic rings. The second-order valence-electron chi connectivity index (χ2n) is 17.4. The first kappa shape index (κ1) is 46.7. The van der Waals surface area contributed by atoms with E-state index in [1.807, 2.05) is 52.0 Å². The maximum absolute atomic E-state index is 13.8. The first-order valence-electron chi connectivity index (χ1n) is 18.6. The van der Waals surface area contributed by atoms with Crippen molar-refractivity contribution in [1.82, 2.24) is 0 Å². The van der Waals surface area contributed by atoms with Gasteiger partial charge in [0.25, 0.3) is 0 Å². The third-order valence-corrected chi connectivity index (χ3v) is 13.4. The molecular weight excluding hydrogens is 717 g/mol. The van der Waals surface area contributed by atoms with E-state index < -0.39 is 23.0 Å². The van der Waals surface area contributed by atoms with Gasteiger partial charge in [-0.2, -0.15) is 0 Å². The quantitative estimate of drug-likeness (QED) is 0.136. The third-order valence-electron chi connectivity index (χ3n) is 8.34. The van der Waals surface area contributed by atoms with Gasteiger partial charge in [0.05, 0.1) is 38.8 Å². The van der Waals surface area contributed by atoms with E-state index in [4.69, 9.17) is 27.6 Å². The van der Waals surface area contributed by atoms with Crippen molar-refractivity contribution >= 4 is 23.0 Å². The minimum absolute atomic E-state index is 0.00770. The van der Waals surface area contributed by atoms with Crippen LogP contribution in [0.25, 0.3) is 0 Å². The number of benzene rings is 2. The van der Waals surface area contributed by atoms with Crippen LogP contribution >= 0.6 is 23.0 Å². The molecule has 0 amide bonds. The van der Waals surface area contributed by atoms with Crippen LogP contribution in [0.15, 0.2) is 24.3 Å². The second kappa shape index (κ2) is 18.5. The Morgan fingerprint density at radius 2 is 0.712 bits per heavy atom. The Labute approximate surface area is 316 Å². The molecule has 0 aliphatic heterocycles. The van der Waals surface area contributed by atoms with Crippen LogP contribution in [0.2, 0.25) is 0 Å². The fraction of sp³-hybridized carbons (Fsp3) is 0.700. The second-order valence-corrected chi connectivity index (χ2v) is 23.1. The molecule has 0 bridgehead atoms. The van der Waals surface area contributed by atoms with Crippen molar-refractivity contribution < 1.29 is 41.3 Å². The van der Waals surface area contributed by atoms with E-state index in [0.717, 1.165) is 33.4 Å². The van der Waals surface area contributed by atoms with Crippen LogP contribution in [0.4, 0.5) is 0 Å². The summed E-state index contributed by atoms with van der Waals surface area (Å²) >= 11 is 0. The monoisotopic (exact) mass is 786 g/mol. The van der Waals surface area contributed by atoms with Gasteiger partial charge in [0.1, 0.15) is 32.0 Å². The molecule has 0 fully saturated rings. The van der Waals surface area contributed by atoms with Crippen molar-refractivity contribution in [3.05, 3.63) is 57.6 Å². The number of hydrogen-bond acceptors (Lipinski definition) is 9. The summed E-state index contributed by atoms with van der Waals surface area (Å²) in [5, 5.41) is 0. The molecule has 0 spiro atoms. The largest absolute Gasteiger partial charge is 0.485 e. The van der Waals surface area contributed by atoms with Crippen LogP contribution in [-0.4, -0.2) is 39.1 Å². The Bertz CT molecular complexity index is 1400. The van der Waals surface area contributed by atoms with Crippen molar-refractivity contribution in [2.45, 2.75) is 145 Å². The summed E-state index contributed by atoms with van der Waals surface area (Å²) in [4.78, 5) is 0. The highest BCUT2D eigenvalue weighted by Crippen LogP contribution is 2.54. The molecule has 12 heteroatoms. The highest BCUT2D eigenvalue weighted by Gasteiger charge is 2.33. The molecule has 0 aromatic heterocycles. The van der Waals surface area contributed by atoms with Crippen LogP contribution in [0.3, 0.4) is 0 Å². The predicted octanol–water partition coefficient (Wildman–Crippen LogP) is 12.3. The van der Waals surface area contributed by atoms with Crippen molar-refractivity contribution in [1.29, 1.82) is 0 Å². The third kappa shape index (κ3) is 13.4. The van der Waals surface area contributed by atoms with Crippen molar-refractivity contribution in [3.63, 3.8) is 0 Å². The molecule has 0 aliphatic rings. The maximum Gasteiger partial charge on any atom is 0.335 e. The fourth-order valence-corrected chi connectivity index (χ4v) is 9.98. The lowest BCUT2D eigenvalue weighted by atomic mass is 9.78. The molecule has 9 nitrogen and oxygen atoms in total. The van der Waals surface area contributed by atoms with E-state index in [0.29, 0.717) is 11.5 Å². The van der Waals surface area contributed by atoms with Gasteiger partial charge in [-0.3, -0.25) is 9.13 Å². The summed E-state index contributed by atoms with van der Waals surface area (Å²) in [7, 11) is -9.10. The molecule has 2 aromatic carbocycles. The standard InChI is InChI=1S/C40H69O9P3/c1-17-46-51(42,47-18-2)25-29-21-31(37(5,6)7)35(32(22-29)38(8,9)10)44-27-50(41)28-45-36-33(39(11,12)13)23-30(24-34(36)40(14,15)16)26-52(43,48-19-3)49-20-4/h21-24,50H,17-20,25-28H2,1-16H3. The molecule has 0 saturated heterocycles. The summed E-state index contributed by atoms with van der Waals surface area (Å²) in [6, 6.07) is 8.08. The molecule has 0 radical (unpaired) electrons. The zero-order valence-corrected chi connectivity index (χ0v) is 37.8. The fourth-order valence-electron chi connectivity index (χ4n) is 5.94. The minimum Gasteiger partial charge on any atom is -0.485 e. The predicted molar refractivity (Wildman–Crippen MR) is 217 cm³/mol.